The van der Waals surface area contributed by atoms with Crippen molar-refractivity contribution < 1.29 is 20.1 Å². The highest BCUT2D eigenvalue weighted by Crippen LogP contribution is 2.47. The molecule has 5 rings (SSSR count). The number of nitrogens with zero attached hydrogens (tertiary/aromatic N) is 1. The van der Waals surface area contributed by atoms with E-state index in [1.54, 1.807) is 84.9 Å². The number of para-hydroxylation sites is 2. The van der Waals surface area contributed by atoms with E-state index in [4.69, 9.17) is 23.2 Å². The number of aliphatic carboxylic acids is 1. The third-order valence-electron chi connectivity index (χ3n) is 6.56. The number of rotatable bonds is 6. The molecule has 8 heteroatoms. The zero-order valence-electron chi connectivity index (χ0n) is 19.5. The normalized spacial score (nSPS) is 17.4. The first-order valence-corrected chi connectivity index (χ1v) is 12.3. The zero-order chi connectivity index (χ0) is 26.3. The number of anilines is 3. The Hall–Kier alpha value is -3.55. The van der Waals surface area contributed by atoms with Gasteiger partial charge in [-0.15, -0.1) is 0 Å². The summed E-state index contributed by atoms with van der Waals surface area (Å²) in [6, 6.07) is 24.2. The molecule has 0 amide bonds. The Balaban J connectivity index is 1.66. The second-order valence-corrected chi connectivity index (χ2v) is 9.53. The predicted molar refractivity (Wildman–Crippen MR) is 145 cm³/mol. The van der Waals surface area contributed by atoms with Crippen molar-refractivity contribution in [2.24, 2.45) is 0 Å². The molecule has 0 aliphatic carbocycles. The SMILES string of the molecule is [CH2]c1cccc(N2C(O)c3ccccc3C2O)c1C(C(=O)O)c1ccccc1Nc1c(Cl)cccc1Cl. The van der Waals surface area contributed by atoms with Crippen LogP contribution in [0.3, 0.4) is 0 Å². The predicted octanol–water partition coefficient (Wildman–Crippen LogP) is 6.64. The van der Waals surface area contributed by atoms with E-state index in [-0.39, 0.29) is 0 Å². The standard InChI is InChI=1S/C29H23Cl2N2O4/c1-16-8-6-15-23(33-27(34)17-9-2-3-10-18(17)28(33)35)24(16)25(29(36)37)19-11-4-5-14-22(19)32-26-20(30)12-7-13-21(26)31/h2-15,25,27-28,32,34-35H,1H2,(H,36,37). The fourth-order valence-electron chi connectivity index (χ4n) is 4.86. The molecule has 1 aliphatic rings. The van der Waals surface area contributed by atoms with E-state index in [1.807, 2.05) is 0 Å². The lowest BCUT2D eigenvalue weighted by Gasteiger charge is -2.32. The second-order valence-electron chi connectivity index (χ2n) is 8.71. The monoisotopic (exact) mass is 533 g/mol. The molecule has 1 aliphatic heterocycles. The fraction of sp³-hybridized carbons (Fsp3) is 0.103. The van der Waals surface area contributed by atoms with Crippen molar-refractivity contribution in [3.05, 3.63) is 130 Å². The van der Waals surface area contributed by atoms with E-state index in [2.05, 4.69) is 12.2 Å². The molecule has 4 aromatic rings. The summed E-state index contributed by atoms with van der Waals surface area (Å²) in [5, 5.41) is 36.8. The van der Waals surface area contributed by atoms with Gasteiger partial charge in [0, 0.05) is 22.5 Å². The van der Waals surface area contributed by atoms with Gasteiger partial charge in [-0.05, 0) is 47.9 Å². The maximum absolute atomic E-state index is 12.9. The quantitative estimate of drug-likeness (QED) is 0.222. The Labute approximate surface area is 224 Å². The Kier molecular flexibility index (Phi) is 6.84. The number of hydrogen-bond acceptors (Lipinski definition) is 5. The van der Waals surface area contributed by atoms with Gasteiger partial charge in [0.15, 0.2) is 12.5 Å². The molecule has 0 saturated heterocycles. The van der Waals surface area contributed by atoms with Crippen LogP contribution in [0.4, 0.5) is 17.1 Å². The molecule has 0 fully saturated rings. The third-order valence-corrected chi connectivity index (χ3v) is 7.19. The fourth-order valence-corrected chi connectivity index (χ4v) is 5.35. The van der Waals surface area contributed by atoms with Gasteiger partial charge in [0.2, 0.25) is 0 Å². The highest BCUT2D eigenvalue weighted by atomic mass is 35.5. The molecule has 0 aromatic heterocycles. The van der Waals surface area contributed by atoms with Crippen molar-refractivity contribution in [1.82, 2.24) is 0 Å². The van der Waals surface area contributed by atoms with Crippen molar-refractivity contribution in [2.45, 2.75) is 18.4 Å². The number of carboxylic acids is 1. The number of fused-ring (bicyclic) bond motifs is 1. The Bertz CT molecular complexity index is 1440. The first-order valence-electron chi connectivity index (χ1n) is 11.5. The molecule has 0 bridgehead atoms. The van der Waals surface area contributed by atoms with Crippen molar-refractivity contribution in [2.75, 3.05) is 10.2 Å². The van der Waals surface area contributed by atoms with Gasteiger partial charge in [0.05, 0.1) is 15.7 Å². The number of nitrogens with one attached hydrogen (secondary N) is 1. The minimum atomic E-state index is -1.20. The van der Waals surface area contributed by atoms with Gasteiger partial charge >= 0.3 is 5.97 Å². The average molecular weight is 534 g/mol. The number of hydrogen-bond donors (Lipinski definition) is 4. The van der Waals surface area contributed by atoms with Gasteiger partial charge in [0.25, 0.3) is 0 Å². The highest BCUT2D eigenvalue weighted by Gasteiger charge is 2.39. The van der Waals surface area contributed by atoms with Crippen molar-refractivity contribution in [3.8, 4) is 0 Å². The summed E-state index contributed by atoms with van der Waals surface area (Å²) in [6.07, 6.45) is -2.34. The number of halogens is 2. The minimum Gasteiger partial charge on any atom is -0.481 e. The highest BCUT2D eigenvalue weighted by molar-refractivity contribution is 6.39. The molecule has 3 atom stereocenters. The van der Waals surface area contributed by atoms with E-state index >= 15 is 0 Å². The number of aliphatic hydroxyl groups is 2. The molecule has 4 aromatic carbocycles. The van der Waals surface area contributed by atoms with Gasteiger partial charge in [-0.25, -0.2) is 0 Å². The van der Waals surface area contributed by atoms with Gasteiger partial charge in [-0.1, -0.05) is 83.9 Å². The van der Waals surface area contributed by atoms with Gasteiger partial charge in [-0.3, -0.25) is 4.79 Å². The number of carbonyl (C=O) groups is 1. The van der Waals surface area contributed by atoms with Gasteiger partial charge in [-0.2, -0.15) is 0 Å². The maximum Gasteiger partial charge on any atom is 0.315 e. The number of benzene rings is 4. The van der Waals surface area contributed by atoms with Gasteiger partial charge in [0.1, 0.15) is 5.92 Å². The summed E-state index contributed by atoms with van der Waals surface area (Å²) in [4.78, 5) is 14.3. The molecular weight excluding hydrogens is 511 g/mol. The molecule has 0 saturated carbocycles. The van der Waals surface area contributed by atoms with Crippen LogP contribution in [0.25, 0.3) is 0 Å². The lowest BCUT2D eigenvalue weighted by molar-refractivity contribution is -0.137. The second kappa shape index (κ2) is 10.1. The van der Waals surface area contributed by atoms with E-state index in [9.17, 15) is 20.1 Å². The molecule has 3 unspecified atom stereocenters. The maximum atomic E-state index is 12.9. The minimum absolute atomic E-state index is 0.348. The van der Waals surface area contributed by atoms with Crippen LogP contribution in [0, 0.1) is 6.92 Å². The van der Waals surface area contributed by atoms with Crippen molar-refractivity contribution in [3.63, 3.8) is 0 Å². The van der Waals surface area contributed by atoms with Crippen LogP contribution in [0.5, 0.6) is 0 Å². The zero-order valence-corrected chi connectivity index (χ0v) is 21.0. The Morgan fingerprint density at radius 1 is 0.838 bits per heavy atom. The van der Waals surface area contributed by atoms with Crippen LogP contribution in [-0.2, 0) is 4.79 Å². The molecule has 1 radical (unpaired) electrons. The summed E-state index contributed by atoms with van der Waals surface area (Å²) in [5.74, 6) is -2.32. The summed E-state index contributed by atoms with van der Waals surface area (Å²) >= 11 is 12.7. The molecule has 37 heavy (non-hydrogen) atoms. The topological polar surface area (TPSA) is 93.0 Å². The molecular formula is C29H23Cl2N2O4. The first-order chi connectivity index (χ1) is 17.8. The Morgan fingerprint density at radius 3 is 2.03 bits per heavy atom. The Morgan fingerprint density at radius 2 is 1.41 bits per heavy atom. The first kappa shape index (κ1) is 25.1. The lowest BCUT2D eigenvalue weighted by Crippen LogP contribution is -2.29. The van der Waals surface area contributed by atoms with Crippen molar-refractivity contribution in [1.29, 1.82) is 0 Å². The summed E-state index contributed by atoms with van der Waals surface area (Å²) in [5.41, 5.74) is 3.64. The third kappa shape index (κ3) is 4.43. The van der Waals surface area contributed by atoms with Crippen LogP contribution in [0.15, 0.2) is 84.9 Å². The molecule has 0 spiro atoms. The molecule has 4 N–H and O–H groups in total. The molecule has 6 nitrogen and oxygen atoms in total. The van der Waals surface area contributed by atoms with Gasteiger partial charge < -0.3 is 25.5 Å². The summed E-state index contributed by atoms with van der Waals surface area (Å²) < 4.78 is 0. The average Bonchev–Trinajstić information content (AvgIpc) is 3.13. The largest absolute Gasteiger partial charge is 0.481 e. The van der Waals surface area contributed by atoms with Crippen LogP contribution in [0.2, 0.25) is 10.0 Å². The van der Waals surface area contributed by atoms with Crippen LogP contribution in [-0.4, -0.2) is 21.3 Å². The number of carboxylic acid groups (broad SMARTS) is 1. The molecule has 187 valence electrons. The van der Waals surface area contributed by atoms with Crippen LogP contribution >= 0.6 is 23.2 Å². The lowest BCUT2D eigenvalue weighted by atomic mass is 9.85. The van der Waals surface area contributed by atoms with E-state index < -0.39 is 24.3 Å². The van der Waals surface area contributed by atoms with E-state index in [1.165, 1.54) is 4.90 Å². The number of aliphatic hydroxyl groups excluding tert-OH is 2. The van der Waals surface area contributed by atoms with Crippen LogP contribution in [0.1, 0.15) is 46.2 Å². The van der Waals surface area contributed by atoms with E-state index in [0.717, 1.165) is 0 Å². The smallest absolute Gasteiger partial charge is 0.315 e. The van der Waals surface area contributed by atoms with Crippen molar-refractivity contribution >= 4 is 46.2 Å². The van der Waals surface area contributed by atoms with Crippen LogP contribution < -0.4 is 10.2 Å². The summed E-state index contributed by atoms with van der Waals surface area (Å²) in [6.45, 7) is 4.11. The summed E-state index contributed by atoms with van der Waals surface area (Å²) in [7, 11) is 0. The molecule has 1 heterocycles. The van der Waals surface area contributed by atoms with E-state index in [0.29, 0.717) is 54.9 Å².